The predicted molar refractivity (Wildman–Crippen MR) is 204 cm³/mol. The van der Waals surface area contributed by atoms with Gasteiger partial charge in [0, 0.05) is 46.9 Å². The molecule has 5 rings (SSSR count). The molecule has 0 saturated heterocycles. The zero-order valence-corrected chi connectivity index (χ0v) is 31.5. The summed E-state index contributed by atoms with van der Waals surface area (Å²) in [6.07, 6.45) is 11.1. The Balaban J connectivity index is 1.89. The van der Waals surface area contributed by atoms with Crippen LogP contribution in [0.5, 0.6) is 0 Å². The van der Waals surface area contributed by atoms with Crippen LogP contribution in [0.3, 0.4) is 0 Å². The van der Waals surface area contributed by atoms with Crippen molar-refractivity contribution in [2.45, 2.75) is 59.8 Å². The molecule has 1 aliphatic carbocycles. The highest BCUT2D eigenvalue weighted by atomic mass is 16.5. The average Bonchev–Trinajstić information content (AvgIpc) is 3.72. The maximum absolute atomic E-state index is 13.6. The number of ether oxygens (including phenoxy) is 3. The fourth-order valence-corrected chi connectivity index (χ4v) is 7.29. The van der Waals surface area contributed by atoms with Crippen molar-refractivity contribution >= 4 is 47.5 Å². The van der Waals surface area contributed by atoms with Crippen LogP contribution < -0.4 is 10.7 Å². The number of esters is 3. The maximum Gasteiger partial charge on any atom is 0.334 e. The summed E-state index contributed by atoms with van der Waals surface area (Å²) in [5.41, 5.74) is 6.34. The third-order valence-corrected chi connectivity index (χ3v) is 10.5. The number of aliphatic imine (C=N–C) groups is 1. The summed E-state index contributed by atoms with van der Waals surface area (Å²) in [5, 5.41) is 20.0. The van der Waals surface area contributed by atoms with Crippen LogP contribution in [-0.4, -0.2) is 71.7 Å². The van der Waals surface area contributed by atoms with E-state index in [-0.39, 0.29) is 36.5 Å². The molecule has 0 amide bonds. The number of methoxy groups -OCH3 is 3. The Morgan fingerprint density at radius 2 is 1.70 bits per heavy atom. The lowest BCUT2D eigenvalue weighted by Gasteiger charge is -2.37. The van der Waals surface area contributed by atoms with E-state index in [2.05, 4.69) is 28.4 Å². The fraction of sp³-hybridized carbons (Fsp3) is 0.333. The average molecular weight is 733 g/mol. The van der Waals surface area contributed by atoms with Crippen LogP contribution in [0.25, 0.3) is 12.2 Å². The first kappa shape index (κ1) is 39.0. The van der Waals surface area contributed by atoms with Crippen molar-refractivity contribution in [3.8, 4) is 11.8 Å². The van der Waals surface area contributed by atoms with Crippen molar-refractivity contribution in [1.82, 2.24) is 9.97 Å². The van der Waals surface area contributed by atoms with Gasteiger partial charge in [-0.2, -0.15) is 0 Å². The van der Waals surface area contributed by atoms with E-state index in [1.165, 1.54) is 27.4 Å². The number of hydrogen-bond acceptors (Lipinski definition) is 9. The lowest BCUT2D eigenvalue weighted by Crippen LogP contribution is -2.44. The van der Waals surface area contributed by atoms with E-state index >= 15 is 0 Å². The van der Waals surface area contributed by atoms with Crippen LogP contribution in [0.2, 0.25) is 0 Å². The second-order valence-corrected chi connectivity index (χ2v) is 13.4. The number of fused-ring (bicyclic) bond motifs is 8. The zero-order chi connectivity index (χ0) is 39.5. The SMILES string of the molecule is C=C/C1=C(\C)C(=N)/C=C2\N=C(C=c3[nH]/c(c(CCC(=O)O)c3C)=C\c3[nH]c(c(C)c3CCC(=O)OC)CC#C1)[C@]1(C)C2=CC=C(C(=O)OC)[C@@H]1C(=O)OC. The van der Waals surface area contributed by atoms with E-state index in [4.69, 9.17) is 24.6 Å². The minimum Gasteiger partial charge on any atom is -0.481 e. The van der Waals surface area contributed by atoms with E-state index < -0.39 is 29.2 Å². The summed E-state index contributed by atoms with van der Waals surface area (Å²) in [4.78, 5) is 62.8. The number of rotatable bonds is 9. The molecule has 0 fully saturated rings. The van der Waals surface area contributed by atoms with E-state index in [0.717, 1.165) is 33.6 Å². The Kier molecular flexibility index (Phi) is 11.4. The number of carboxylic acids is 1. The molecule has 4 N–H and O–H groups in total. The van der Waals surface area contributed by atoms with Crippen LogP contribution in [0, 0.1) is 42.4 Å². The molecule has 12 heteroatoms. The lowest BCUT2D eigenvalue weighted by atomic mass is 9.63. The smallest absolute Gasteiger partial charge is 0.334 e. The Hall–Kier alpha value is -6.22. The van der Waals surface area contributed by atoms with Crippen molar-refractivity contribution in [2.75, 3.05) is 21.3 Å². The predicted octanol–water partition coefficient (Wildman–Crippen LogP) is 3.95. The number of carbonyl (C=O) groups is 4. The molecule has 2 aromatic rings. The largest absolute Gasteiger partial charge is 0.481 e. The highest BCUT2D eigenvalue weighted by Gasteiger charge is 2.54. The number of nitrogens with zero attached hydrogens (tertiary/aromatic N) is 1. The first-order valence-electron chi connectivity index (χ1n) is 17.4. The molecule has 0 saturated carbocycles. The van der Waals surface area contributed by atoms with Gasteiger partial charge in [0.15, 0.2) is 0 Å². The number of hydrogen-bond donors (Lipinski definition) is 4. The van der Waals surface area contributed by atoms with Crippen molar-refractivity contribution in [2.24, 2.45) is 16.3 Å². The van der Waals surface area contributed by atoms with Gasteiger partial charge < -0.3 is 34.7 Å². The minimum atomic E-state index is -1.26. The monoisotopic (exact) mass is 732 g/mol. The van der Waals surface area contributed by atoms with Gasteiger partial charge in [0.2, 0.25) is 0 Å². The second kappa shape index (κ2) is 15.8. The van der Waals surface area contributed by atoms with Gasteiger partial charge in [-0.25, -0.2) is 4.79 Å². The molecule has 0 radical (unpaired) electrons. The van der Waals surface area contributed by atoms with Gasteiger partial charge in [-0.3, -0.25) is 19.4 Å². The molecule has 4 heterocycles. The molecule has 2 aliphatic heterocycles. The Bertz CT molecular complexity index is 2350. The molecule has 0 unspecified atom stereocenters. The third-order valence-electron chi connectivity index (χ3n) is 10.5. The Labute approximate surface area is 313 Å². The number of H-pyrrole nitrogens is 2. The van der Waals surface area contributed by atoms with Gasteiger partial charge in [-0.1, -0.05) is 36.6 Å². The van der Waals surface area contributed by atoms with Gasteiger partial charge >= 0.3 is 23.9 Å². The zero-order valence-electron chi connectivity index (χ0n) is 31.5. The summed E-state index contributed by atoms with van der Waals surface area (Å²) in [5.74, 6) is 2.53. The van der Waals surface area contributed by atoms with E-state index in [1.807, 2.05) is 19.9 Å². The van der Waals surface area contributed by atoms with Crippen LogP contribution in [-0.2, 0) is 52.7 Å². The highest BCUT2D eigenvalue weighted by Crippen LogP contribution is 2.52. The molecule has 2 atom stereocenters. The number of allylic oxidation sites excluding steroid dienone is 7. The molecule has 0 aromatic carbocycles. The molecule has 3 aliphatic rings. The lowest BCUT2D eigenvalue weighted by molar-refractivity contribution is -0.149. The van der Waals surface area contributed by atoms with Crippen molar-refractivity contribution in [1.29, 1.82) is 5.41 Å². The van der Waals surface area contributed by atoms with E-state index in [1.54, 1.807) is 38.2 Å². The normalized spacial score (nSPS) is 22.1. The summed E-state index contributed by atoms with van der Waals surface area (Å²) in [7, 11) is 3.83. The van der Waals surface area contributed by atoms with Crippen LogP contribution in [0.4, 0.5) is 0 Å². The minimum absolute atomic E-state index is 0.0866. The summed E-state index contributed by atoms with van der Waals surface area (Å²) in [6, 6.07) is 0. The van der Waals surface area contributed by atoms with Gasteiger partial charge in [0.05, 0.1) is 49.4 Å². The summed E-state index contributed by atoms with van der Waals surface area (Å²) in [6.45, 7) is 11.4. The number of aliphatic carboxylic acids is 1. The van der Waals surface area contributed by atoms with Crippen LogP contribution >= 0.6 is 0 Å². The van der Waals surface area contributed by atoms with Gasteiger partial charge in [0.1, 0.15) is 5.92 Å². The number of aromatic nitrogens is 2. The third kappa shape index (κ3) is 7.22. The molecule has 54 heavy (non-hydrogen) atoms. The first-order chi connectivity index (χ1) is 25.7. The highest BCUT2D eigenvalue weighted by molar-refractivity contribution is 6.21. The number of carbonyl (C=O) groups excluding carboxylic acids is 3. The Morgan fingerprint density at radius 1 is 0.981 bits per heavy atom. The maximum atomic E-state index is 13.6. The molecule has 0 spiro atoms. The van der Waals surface area contributed by atoms with E-state index in [0.29, 0.717) is 51.7 Å². The number of carboxylic acid groups (broad SMARTS) is 1. The molecular formula is C42H44N4O8. The molecule has 280 valence electrons. The first-order valence-corrected chi connectivity index (χ1v) is 17.4. The van der Waals surface area contributed by atoms with Gasteiger partial charge in [-0.05, 0) is 92.2 Å². The second-order valence-electron chi connectivity index (χ2n) is 13.4. The molecule has 2 aromatic heterocycles. The van der Waals surface area contributed by atoms with E-state index in [9.17, 15) is 24.3 Å². The van der Waals surface area contributed by atoms with Gasteiger partial charge in [-0.15, -0.1) is 0 Å². The standard InChI is InChI=1S/C42H44N4O8/c1-9-25-11-10-12-31-23(3)27(15-18-38(49)52-6)33(44-31)20-34-26(14-17-37(47)48)24(4)32(45-34)21-36-42(5)29(35(46-36)19-30(43)22(25)2)16-13-28(40(50)53-7)39(42)41(51)54-8/h9,13,16,19-21,39,43-45H,1,12,14-15,17-18H2,2-8H3,(H,47,48)/b25-22-,32-21?,34-20-,35-19-,43-30?/t39-,42+/m1/s1. The van der Waals surface area contributed by atoms with Crippen molar-refractivity contribution < 1.29 is 38.5 Å². The van der Waals surface area contributed by atoms with Gasteiger partial charge in [0.25, 0.3) is 0 Å². The Morgan fingerprint density at radius 3 is 2.35 bits per heavy atom. The quantitative estimate of drug-likeness (QED) is 0.170. The number of nitrogens with one attached hydrogen (secondary N) is 3. The molecule has 12 nitrogen and oxygen atoms in total. The molecular weight excluding hydrogens is 688 g/mol. The van der Waals surface area contributed by atoms with Crippen LogP contribution in [0.15, 0.2) is 63.9 Å². The topological polar surface area (TPSA) is 184 Å². The molecule has 6 bridgehead atoms. The van der Waals surface area contributed by atoms with Crippen molar-refractivity contribution in [3.05, 3.63) is 103 Å². The van der Waals surface area contributed by atoms with Crippen LogP contribution in [0.1, 0.15) is 60.3 Å². The summed E-state index contributed by atoms with van der Waals surface area (Å²) >= 11 is 0. The number of aromatic amines is 2. The summed E-state index contributed by atoms with van der Waals surface area (Å²) < 4.78 is 15.3. The fourth-order valence-electron chi connectivity index (χ4n) is 7.29. The van der Waals surface area contributed by atoms with Crippen molar-refractivity contribution in [3.63, 3.8) is 0 Å².